The van der Waals surface area contributed by atoms with E-state index in [1.165, 1.54) is 6.20 Å². The summed E-state index contributed by atoms with van der Waals surface area (Å²) in [5.74, 6) is 0. The minimum Gasteiger partial charge on any atom is -0.329 e. The quantitative estimate of drug-likeness (QED) is 0.592. The first-order chi connectivity index (χ1) is 5.24. The zero-order valence-electron chi connectivity index (χ0n) is 6.55. The van der Waals surface area contributed by atoms with E-state index in [-0.39, 0.29) is 5.56 Å². The third-order valence-corrected chi connectivity index (χ3v) is 1.52. The van der Waals surface area contributed by atoms with Crippen LogP contribution in [0.25, 0.3) is 0 Å². The smallest absolute Gasteiger partial charge is 0.251 e. The van der Waals surface area contributed by atoms with E-state index in [1.54, 1.807) is 6.07 Å². The van der Waals surface area contributed by atoms with Crippen molar-refractivity contribution in [2.24, 2.45) is 0 Å². The van der Waals surface area contributed by atoms with Crippen molar-refractivity contribution in [2.75, 3.05) is 0 Å². The summed E-state index contributed by atoms with van der Waals surface area (Å²) in [5.41, 5.74) is 1.36. The lowest BCUT2D eigenvalue weighted by atomic mass is 9.96. The van der Waals surface area contributed by atoms with Crippen molar-refractivity contribution in [1.29, 1.82) is 0 Å². The molecule has 0 spiro atoms. The van der Waals surface area contributed by atoms with Gasteiger partial charge in [-0.25, -0.2) is 0 Å². The Morgan fingerprint density at radius 1 is 1.64 bits per heavy atom. The molecule has 0 saturated heterocycles. The molecule has 0 bridgehead atoms. The van der Waals surface area contributed by atoms with Crippen LogP contribution in [0.5, 0.6) is 0 Å². The first kappa shape index (κ1) is 8.11. The van der Waals surface area contributed by atoms with Gasteiger partial charge in [0.25, 0.3) is 5.56 Å². The summed E-state index contributed by atoms with van der Waals surface area (Å²) in [6.45, 7) is 2.03. The summed E-state index contributed by atoms with van der Waals surface area (Å²) >= 11 is 0. The highest BCUT2D eigenvalue weighted by atomic mass is 16.1. The fraction of sp³-hybridized carbons (Fsp3) is 0.375. The molecular formula is C8H10BNO. The average molecular weight is 147 g/mol. The topological polar surface area (TPSA) is 32.9 Å². The van der Waals surface area contributed by atoms with Gasteiger partial charge in [-0.3, -0.25) is 4.79 Å². The molecule has 0 unspecified atom stereocenters. The number of aromatic nitrogens is 1. The van der Waals surface area contributed by atoms with Gasteiger partial charge in [0.1, 0.15) is 7.85 Å². The number of pyridine rings is 1. The van der Waals surface area contributed by atoms with Crippen molar-refractivity contribution >= 4 is 13.3 Å². The fourth-order valence-corrected chi connectivity index (χ4v) is 1.01. The molecule has 3 heteroatoms. The molecule has 0 saturated carbocycles. The Hall–Kier alpha value is -0.985. The van der Waals surface area contributed by atoms with Crippen molar-refractivity contribution in [3.05, 3.63) is 28.2 Å². The summed E-state index contributed by atoms with van der Waals surface area (Å²) in [6, 6.07) is 1.72. The summed E-state index contributed by atoms with van der Waals surface area (Å²) in [6.07, 6.45) is 3.27. The summed E-state index contributed by atoms with van der Waals surface area (Å²) in [7, 11) is 5.49. The number of rotatable bonds is 2. The Morgan fingerprint density at radius 2 is 2.36 bits per heavy atom. The number of H-pyrrole nitrogens is 1. The Bertz CT molecular complexity index is 292. The van der Waals surface area contributed by atoms with Crippen molar-refractivity contribution in [3.8, 4) is 0 Å². The average Bonchev–Trinajstić information content (AvgIpc) is 1.98. The van der Waals surface area contributed by atoms with Gasteiger partial charge in [0.2, 0.25) is 0 Å². The molecule has 1 N–H and O–H groups in total. The van der Waals surface area contributed by atoms with Crippen LogP contribution in [0.1, 0.15) is 18.9 Å². The van der Waals surface area contributed by atoms with E-state index in [2.05, 4.69) is 4.98 Å². The van der Waals surface area contributed by atoms with Crippen LogP contribution < -0.4 is 11.0 Å². The lowest BCUT2D eigenvalue weighted by Gasteiger charge is -1.97. The van der Waals surface area contributed by atoms with Crippen LogP contribution in [-0.4, -0.2) is 12.8 Å². The zero-order chi connectivity index (χ0) is 8.27. The largest absolute Gasteiger partial charge is 0.329 e. The van der Waals surface area contributed by atoms with E-state index in [0.29, 0.717) is 5.46 Å². The second-order valence-corrected chi connectivity index (χ2v) is 2.54. The lowest BCUT2D eigenvalue weighted by molar-refractivity contribution is 0.902. The third-order valence-electron chi connectivity index (χ3n) is 1.52. The summed E-state index contributed by atoms with van der Waals surface area (Å²) < 4.78 is 0. The minimum atomic E-state index is -0.0268. The molecule has 0 aliphatic heterocycles. The second kappa shape index (κ2) is 3.42. The van der Waals surface area contributed by atoms with Crippen molar-refractivity contribution < 1.29 is 0 Å². The Labute approximate surface area is 67.1 Å². The molecule has 0 aliphatic carbocycles. The standard InChI is InChI=1S/C8H10BNO/c1-2-3-6-4-7(9)5-10-8(6)11/h4-5H,2-3H2,1H3,(H,10,11). The van der Waals surface area contributed by atoms with Gasteiger partial charge in [0, 0.05) is 5.56 Å². The molecular weight excluding hydrogens is 137 g/mol. The highest BCUT2D eigenvalue weighted by Crippen LogP contribution is 1.91. The van der Waals surface area contributed by atoms with Gasteiger partial charge in [-0.2, -0.15) is 0 Å². The van der Waals surface area contributed by atoms with E-state index in [0.717, 1.165) is 18.4 Å². The van der Waals surface area contributed by atoms with Crippen molar-refractivity contribution in [3.63, 3.8) is 0 Å². The Kier molecular flexibility index (Phi) is 2.52. The molecule has 0 aromatic carbocycles. The molecule has 56 valence electrons. The van der Waals surface area contributed by atoms with E-state index >= 15 is 0 Å². The van der Waals surface area contributed by atoms with Crippen LogP contribution in [0.3, 0.4) is 0 Å². The Balaban J connectivity index is 3.03. The van der Waals surface area contributed by atoms with Crippen LogP contribution >= 0.6 is 0 Å². The fourth-order valence-electron chi connectivity index (χ4n) is 1.01. The number of aromatic amines is 1. The van der Waals surface area contributed by atoms with Crippen LogP contribution in [0.2, 0.25) is 0 Å². The van der Waals surface area contributed by atoms with Gasteiger partial charge in [-0.1, -0.05) is 24.9 Å². The van der Waals surface area contributed by atoms with Gasteiger partial charge >= 0.3 is 0 Å². The molecule has 0 amide bonds. The normalized spacial score (nSPS) is 9.91. The third kappa shape index (κ3) is 1.97. The highest BCUT2D eigenvalue weighted by molar-refractivity contribution is 6.32. The molecule has 0 fully saturated rings. The number of hydrogen-bond acceptors (Lipinski definition) is 1. The molecule has 11 heavy (non-hydrogen) atoms. The maximum atomic E-state index is 11.1. The van der Waals surface area contributed by atoms with E-state index in [1.807, 2.05) is 6.92 Å². The van der Waals surface area contributed by atoms with Gasteiger partial charge in [-0.15, -0.1) is 0 Å². The SMILES string of the molecule is [B]c1c[nH]c(=O)c(CCC)c1. The van der Waals surface area contributed by atoms with Crippen molar-refractivity contribution in [2.45, 2.75) is 19.8 Å². The predicted octanol–water partition coefficient (Wildman–Crippen LogP) is 0.121. The molecule has 0 aliphatic rings. The maximum Gasteiger partial charge on any atom is 0.251 e. The van der Waals surface area contributed by atoms with Gasteiger partial charge < -0.3 is 4.98 Å². The molecule has 0 atom stereocenters. The monoisotopic (exact) mass is 147 g/mol. The first-order valence-corrected chi connectivity index (χ1v) is 3.71. The molecule has 2 radical (unpaired) electrons. The van der Waals surface area contributed by atoms with Crippen LogP contribution in [0, 0.1) is 0 Å². The number of aryl methyl sites for hydroxylation is 1. The first-order valence-electron chi connectivity index (χ1n) is 3.71. The predicted molar refractivity (Wildman–Crippen MR) is 46.4 cm³/mol. The van der Waals surface area contributed by atoms with E-state index < -0.39 is 0 Å². The number of hydrogen-bond donors (Lipinski definition) is 1. The Morgan fingerprint density at radius 3 is 3.00 bits per heavy atom. The van der Waals surface area contributed by atoms with Crippen LogP contribution in [-0.2, 0) is 6.42 Å². The number of nitrogens with one attached hydrogen (secondary N) is 1. The van der Waals surface area contributed by atoms with Gasteiger partial charge in [0.15, 0.2) is 0 Å². The van der Waals surface area contributed by atoms with Gasteiger partial charge in [0.05, 0.1) is 0 Å². The van der Waals surface area contributed by atoms with E-state index in [9.17, 15) is 4.79 Å². The highest BCUT2D eigenvalue weighted by Gasteiger charge is 1.96. The molecule has 1 aromatic rings. The molecule has 1 heterocycles. The summed E-state index contributed by atoms with van der Waals surface area (Å²) in [5, 5.41) is 0. The molecule has 2 nitrogen and oxygen atoms in total. The van der Waals surface area contributed by atoms with Crippen LogP contribution in [0.15, 0.2) is 17.1 Å². The second-order valence-electron chi connectivity index (χ2n) is 2.54. The van der Waals surface area contributed by atoms with Gasteiger partial charge in [-0.05, 0) is 12.6 Å². The molecule has 1 aromatic heterocycles. The lowest BCUT2D eigenvalue weighted by Crippen LogP contribution is -2.18. The van der Waals surface area contributed by atoms with Crippen LogP contribution in [0.4, 0.5) is 0 Å². The van der Waals surface area contributed by atoms with E-state index in [4.69, 9.17) is 7.85 Å². The molecule has 1 rings (SSSR count). The summed E-state index contributed by atoms with van der Waals surface area (Å²) in [4.78, 5) is 13.6. The zero-order valence-corrected chi connectivity index (χ0v) is 6.55. The van der Waals surface area contributed by atoms with Crippen molar-refractivity contribution in [1.82, 2.24) is 4.98 Å². The minimum absolute atomic E-state index is 0.0268. The maximum absolute atomic E-state index is 11.1.